The SMILES string of the molecule is COC(=O)C1(C(=O)OC)Cc2c(C#Cc3ccccc3C#CC#Cc3ccccc3)c3c4c(c5c(-c6ccccc6)c(-c6ccccc6)c(-c6ccccc6)c(-c6ccccc6)c5c(-c5ccccc5)c4c2C1)-c1ccccc1-3. The van der Waals surface area contributed by atoms with Crippen molar-refractivity contribution in [3.8, 4) is 113 Å². The van der Waals surface area contributed by atoms with Crippen LogP contribution in [0.1, 0.15) is 33.4 Å². The Morgan fingerprint density at radius 2 is 0.709 bits per heavy atom. The highest BCUT2D eigenvalue weighted by atomic mass is 16.5. The average molecular weight is 1010 g/mol. The second kappa shape index (κ2) is 20.3. The topological polar surface area (TPSA) is 52.6 Å². The van der Waals surface area contributed by atoms with Crippen LogP contribution in [-0.2, 0) is 31.9 Å². The first-order chi connectivity index (χ1) is 39.0. The molecule has 0 amide bonds. The molecular formula is C75H48O4. The van der Waals surface area contributed by atoms with Crippen molar-refractivity contribution in [2.45, 2.75) is 12.8 Å². The number of benzene rings is 11. The Bertz CT molecular complexity index is 4440. The Kier molecular flexibility index (Phi) is 12.4. The van der Waals surface area contributed by atoms with E-state index in [0.717, 1.165) is 133 Å². The molecule has 0 fully saturated rings. The lowest BCUT2D eigenvalue weighted by Gasteiger charge is -2.29. The third kappa shape index (κ3) is 8.08. The number of hydrogen-bond donors (Lipinski definition) is 0. The summed E-state index contributed by atoms with van der Waals surface area (Å²) in [5.74, 6) is 18.6. The molecule has 0 radical (unpaired) electrons. The number of hydrogen-bond acceptors (Lipinski definition) is 4. The van der Waals surface area contributed by atoms with Crippen LogP contribution in [0.15, 0.2) is 231 Å². The van der Waals surface area contributed by atoms with Crippen molar-refractivity contribution in [3.63, 3.8) is 0 Å². The van der Waals surface area contributed by atoms with Crippen molar-refractivity contribution >= 4 is 33.5 Å². The molecule has 0 atom stereocenters. The molecule has 0 saturated heterocycles. The van der Waals surface area contributed by atoms with Gasteiger partial charge in [-0.1, -0.05) is 230 Å². The minimum atomic E-state index is -1.71. The fourth-order valence-corrected chi connectivity index (χ4v) is 12.3. The zero-order chi connectivity index (χ0) is 53.5. The summed E-state index contributed by atoms with van der Waals surface area (Å²) in [6.45, 7) is 0. The van der Waals surface area contributed by atoms with E-state index in [9.17, 15) is 9.59 Å². The van der Waals surface area contributed by atoms with Gasteiger partial charge in [0.05, 0.1) is 14.2 Å². The lowest BCUT2D eigenvalue weighted by atomic mass is 9.73. The minimum absolute atomic E-state index is 0.0119. The van der Waals surface area contributed by atoms with Crippen LogP contribution in [-0.4, -0.2) is 26.2 Å². The van der Waals surface area contributed by atoms with Gasteiger partial charge in [-0.3, -0.25) is 9.59 Å². The number of methoxy groups -OCH3 is 2. The standard InChI is InChI=1S/C75H48O4/c1-78-73(76)75(74(77)79-2)47-60-59(46-45-51-32-24-23-31-50(51)30-22-21-29-49-27-9-3-10-28-49)67-57-43-25-26-44-58(57)68-71-65(55-39-17-7-18-40-55)63(53-35-13-5-14-36-53)62(52-33-11-4-12-34-52)64(54-37-15-6-16-38-54)70(71)66(56-41-19-8-20-42-56)69(72(67)68)61(60)48-75/h3-20,23-28,31-44H,47-48H2,1-2H3. The molecule has 11 aromatic carbocycles. The van der Waals surface area contributed by atoms with Crippen molar-refractivity contribution < 1.29 is 19.1 Å². The van der Waals surface area contributed by atoms with Crippen LogP contribution in [0.4, 0.5) is 0 Å². The van der Waals surface area contributed by atoms with E-state index >= 15 is 0 Å². The van der Waals surface area contributed by atoms with E-state index in [1.165, 1.54) is 14.2 Å². The lowest BCUT2D eigenvalue weighted by Crippen LogP contribution is -2.42. The molecule has 13 rings (SSSR count). The zero-order valence-electron chi connectivity index (χ0n) is 43.5. The predicted molar refractivity (Wildman–Crippen MR) is 320 cm³/mol. The molecule has 0 unspecified atom stereocenters. The summed E-state index contributed by atoms with van der Waals surface area (Å²) in [4.78, 5) is 29.3. The van der Waals surface area contributed by atoms with E-state index in [1.807, 2.05) is 60.7 Å². The van der Waals surface area contributed by atoms with E-state index < -0.39 is 17.4 Å². The molecule has 11 aromatic rings. The Balaban J connectivity index is 1.28. The number of esters is 2. The summed E-state index contributed by atoms with van der Waals surface area (Å²) >= 11 is 0. The van der Waals surface area contributed by atoms with Gasteiger partial charge in [-0.2, -0.15) is 0 Å². The molecule has 4 nitrogen and oxygen atoms in total. The quantitative estimate of drug-likeness (QED) is 0.0691. The van der Waals surface area contributed by atoms with Gasteiger partial charge in [0.2, 0.25) is 0 Å². The Hall–Kier alpha value is -10.4. The molecule has 0 bridgehead atoms. The van der Waals surface area contributed by atoms with Crippen LogP contribution in [0.3, 0.4) is 0 Å². The molecule has 0 aliphatic heterocycles. The highest BCUT2D eigenvalue weighted by Gasteiger charge is 2.55. The molecular weight excluding hydrogens is 965 g/mol. The van der Waals surface area contributed by atoms with Crippen LogP contribution >= 0.6 is 0 Å². The first-order valence-corrected chi connectivity index (χ1v) is 26.4. The highest BCUT2D eigenvalue weighted by Crippen LogP contribution is 2.63. The molecule has 0 heterocycles. The normalized spacial score (nSPS) is 12.2. The van der Waals surface area contributed by atoms with E-state index in [2.05, 4.69) is 205 Å². The largest absolute Gasteiger partial charge is 0.468 e. The maximum Gasteiger partial charge on any atom is 0.323 e. The second-order valence-electron chi connectivity index (χ2n) is 19.9. The smallest absolute Gasteiger partial charge is 0.323 e. The van der Waals surface area contributed by atoms with E-state index in [-0.39, 0.29) is 12.8 Å². The Labute approximate surface area is 460 Å². The van der Waals surface area contributed by atoms with E-state index in [1.54, 1.807) is 0 Å². The summed E-state index contributed by atoms with van der Waals surface area (Å²) in [7, 11) is 2.69. The van der Waals surface area contributed by atoms with Gasteiger partial charge in [0.25, 0.3) is 0 Å². The third-order valence-corrected chi connectivity index (χ3v) is 15.6. The minimum Gasteiger partial charge on any atom is -0.468 e. The van der Waals surface area contributed by atoms with Gasteiger partial charge in [0, 0.05) is 46.0 Å². The maximum absolute atomic E-state index is 14.7. The molecule has 372 valence electrons. The Morgan fingerprint density at radius 1 is 0.342 bits per heavy atom. The van der Waals surface area contributed by atoms with E-state index in [4.69, 9.17) is 9.47 Å². The fraction of sp³-hybridized carbons (Fsp3) is 0.0667. The van der Waals surface area contributed by atoms with Gasteiger partial charge >= 0.3 is 11.9 Å². The molecule has 0 saturated carbocycles. The summed E-state index contributed by atoms with van der Waals surface area (Å²) < 4.78 is 11.3. The summed E-state index contributed by atoms with van der Waals surface area (Å²) in [5, 5.41) is 4.11. The maximum atomic E-state index is 14.7. The molecule has 0 N–H and O–H groups in total. The number of ether oxygens (including phenoxy) is 2. The van der Waals surface area contributed by atoms with Gasteiger partial charge in [0.1, 0.15) is 0 Å². The van der Waals surface area contributed by atoms with Crippen molar-refractivity contribution in [1.29, 1.82) is 0 Å². The van der Waals surface area contributed by atoms with Gasteiger partial charge in [-0.25, -0.2) is 0 Å². The van der Waals surface area contributed by atoms with Crippen molar-refractivity contribution in [2.24, 2.45) is 5.41 Å². The second-order valence-corrected chi connectivity index (χ2v) is 19.9. The molecule has 2 aliphatic carbocycles. The van der Waals surface area contributed by atoms with Crippen LogP contribution in [0, 0.1) is 40.9 Å². The first-order valence-electron chi connectivity index (χ1n) is 26.4. The summed E-state index contributed by atoms with van der Waals surface area (Å²) in [6.07, 6.45) is 0.0359. The first kappa shape index (κ1) is 48.2. The highest BCUT2D eigenvalue weighted by molar-refractivity contribution is 6.37. The average Bonchev–Trinajstić information content (AvgIpc) is 3.93. The zero-order valence-corrected chi connectivity index (χ0v) is 43.5. The van der Waals surface area contributed by atoms with Crippen molar-refractivity contribution in [3.05, 3.63) is 264 Å². The lowest BCUT2D eigenvalue weighted by molar-refractivity contribution is -0.168. The fourth-order valence-electron chi connectivity index (χ4n) is 12.3. The predicted octanol–water partition coefficient (Wildman–Crippen LogP) is 16.2. The van der Waals surface area contributed by atoms with Gasteiger partial charge < -0.3 is 9.47 Å². The molecule has 0 aromatic heterocycles. The van der Waals surface area contributed by atoms with Gasteiger partial charge in [0.15, 0.2) is 5.41 Å². The van der Waals surface area contributed by atoms with Crippen LogP contribution in [0.25, 0.3) is 99.4 Å². The molecule has 4 heteroatoms. The summed E-state index contributed by atoms with van der Waals surface area (Å²) in [6, 6.07) is 79.9. The number of rotatable bonds is 7. The van der Waals surface area contributed by atoms with Crippen molar-refractivity contribution in [1.82, 2.24) is 0 Å². The Morgan fingerprint density at radius 3 is 1.20 bits per heavy atom. The van der Waals surface area contributed by atoms with Gasteiger partial charge in [-0.05, 0) is 136 Å². The molecule has 0 spiro atoms. The number of carbonyl (C=O) groups is 2. The van der Waals surface area contributed by atoms with E-state index in [0.29, 0.717) is 0 Å². The third-order valence-electron chi connectivity index (χ3n) is 15.6. The van der Waals surface area contributed by atoms with Gasteiger partial charge in [-0.15, -0.1) is 0 Å². The van der Waals surface area contributed by atoms with Crippen molar-refractivity contribution in [2.75, 3.05) is 14.2 Å². The molecule has 2 aliphatic rings. The van der Waals surface area contributed by atoms with Crippen LogP contribution in [0.5, 0.6) is 0 Å². The number of carbonyl (C=O) groups excluding carboxylic acids is 2. The number of fused-ring (bicyclic) bond motifs is 7. The monoisotopic (exact) mass is 1010 g/mol. The van der Waals surface area contributed by atoms with Crippen LogP contribution < -0.4 is 0 Å². The molecule has 79 heavy (non-hydrogen) atoms. The summed E-state index contributed by atoms with van der Waals surface area (Å²) in [5.41, 5.74) is 17.7. The van der Waals surface area contributed by atoms with Crippen LogP contribution in [0.2, 0.25) is 0 Å².